The molecule has 2 aromatic heterocycles. The monoisotopic (exact) mass is 332 g/mol. The topological polar surface area (TPSA) is 109 Å². The first-order chi connectivity index (χ1) is 11.2. The zero-order chi connectivity index (χ0) is 16.1. The van der Waals surface area contributed by atoms with E-state index in [-0.39, 0.29) is 6.03 Å². The predicted octanol–water partition coefficient (Wildman–Crippen LogP) is 2.48. The maximum Gasteiger partial charge on any atom is 0.319 e. The Morgan fingerprint density at radius 1 is 1.39 bits per heavy atom. The molecular weight excluding hydrogens is 320 g/mol. The summed E-state index contributed by atoms with van der Waals surface area (Å²) in [7, 11) is 0. The number of benzene rings is 1. The van der Waals surface area contributed by atoms with Crippen molar-refractivity contribution in [3.8, 4) is 11.4 Å². The van der Waals surface area contributed by atoms with E-state index in [4.69, 9.17) is 16.1 Å². The number of carbonyl (C=O) groups excluding carboxylic acids is 1. The SMILES string of the molecule is O=C(NCCc1nc(-c2cccc(Cl)c2)no1)Nc1cn[nH]c1. The second kappa shape index (κ2) is 6.93. The highest BCUT2D eigenvalue weighted by molar-refractivity contribution is 6.30. The van der Waals surface area contributed by atoms with Crippen LogP contribution in [0.3, 0.4) is 0 Å². The van der Waals surface area contributed by atoms with Gasteiger partial charge in [0.05, 0.1) is 11.9 Å². The number of carbonyl (C=O) groups is 1. The van der Waals surface area contributed by atoms with E-state index in [0.29, 0.717) is 35.4 Å². The zero-order valence-electron chi connectivity index (χ0n) is 11.9. The predicted molar refractivity (Wildman–Crippen MR) is 84.1 cm³/mol. The van der Waals surface area contributed by atoms with Crippen molar-refractivity contribution in [3.63, 3.8) is 0 Å². The molecule has 3 aromatic rings. The van der Waals surface area contributed by atoms with Crippen molar-refractivity contribution in [1.82, 2.24) is 25.7 Å². The highest BCUT2D eigenvalue weighted by atomic mass is 35.5. The normalized spacial score (nSPS) is 10.5. The number of aromatic nitrogens is 4. The van der Waals surface area contributed by atoms with Gasteiger partial charge in [-0.3, -0.25) is 5.10 Å². The Morgan fingerprint density at radius 2 is 2.30 bits per heavy atom. The molecule has 0 radical (unpaired) electrons. The fourth-order valence-corrected chi connectivity index (χ4v) is 2.07. The number of rotatable bonds is 5. The van der Waals surface area contributed by atoms with Gasteiger partial charge in [0.25, 0.3) is 0 Å². The molecule has 0 aliphatic carbocycles. The number of hydrogen-bond donors (Lipinski definition) is 3. The van der Waals surface area contributed by atoms with Crippen molar-refractivity contribution < 1.29 is 9.32 Å². The van der Waals surface area contributed by atoms with E-state index in [1.807, 2.05) is 12.1 Å². The summed E-state index contributed by atoms with van der Waals surface area (Å²) < 4.78 is 5.16. The van der Waals surface area contributed by atoms with Crippen LogP contribution in [0.5, 0.6) is 0 Å². The number of halogens is 1. The number of nitrogens with one attached hydrogen (secondary N) is 3. The zero-order valence-corrected chi connectivity index (χ0v) is 12.7. The Bertz CT molecular complexity index is 786. The second-order valence-corrected chi connectivity index (χ2v) is 5.08. The van der Waals surface area contributed by atoms with E-state index in [9.17, 15) is 4.79 Å². The van der Waals surface area contributed by atoms with E-state index in [1.165, 1.54) is 6.20 Å². The van der Waals surface area contributed by atoms with Crippen LogP contribution in [0.15, 0.2) is 41.2 Å². The molecule has 0 saturated carbocycles. The van der Waals surface area contributed by atoms with E-state index in [1.54, 1.807) is 18.3 Å². The molecule has 0 unspecified atom stereocenters. The van der Waals surface area contributed by atoms with Crippen molar-refractivity contribution >= 4 is 23.3 Å². The van der Waals surface area contributed by atoms with Gasteiger partial charge in [0, 0.05) is 29.7 Å². The van der Waals surface area contributed by atoms with Crippen molar-refractivity contribution in [3.05, 3.63) is 47.6 Å². The summed E-state index contributed by atoms with van der Waals surface area (Å²) in [6.45, 7) is 0.362. The van der Waals surface area contributed by atoms with Gasteiger partial charge < -0.3 is 15.2 Å². The van der Waals surface area contributed by atoms with Crippen molar-refractivity contribution in [2.45, 2.75) is 6.42 Å². The quantitative estimate of drug-likeness (QED) is 0.665. The van der Waals surface area contributed by atoms with Gasteiger partial charge in [-0.15, -0.1) is 0 Å². The summed E-state index contributed by atoms with van der Waals surface area (Å²) in [6, 6.07) is 6.86. The van der Waals surface area contributed by atoms with Gasteiger partial charge in [0.2, 0.25) is 11.7 Å². The summed E-state index contributed by atoms with van der Waals surface area (Å²) in [5.74, 6) is 0.897. The Balaban J connectivity index is 1.50. The molecular formula is C14H13ClN6O2. The van der Waals surface area contributed by atoms with Gasteiger partial charge in [0.1, 0.15) is 0 Å². The minimum Gasteiger partial charge on any atom is -0.339 e. The molecule has 0 aliphatic heterocycles. The number of aromatic amines is 1. The maximum atomic E-state index is 11.6. The molecule has 2 heterocycles. The minimum absolute atomic E-state index is 0.332. The lowest BCUT2D eigenvalue weighted by Crippen LogP contribution is -2.30. The fraction of sp³-hybridized carbons (Fsp3) is 0.143. The summed E-state index contributed by atoms with van der Waals surface area (Å²) in [5.41, 5.74) is 1.36. The molecule has 0 atom stereocenters. The van der Waals surface area contributed by atoms with Crippen molar-refractivity contribution in [1.29, 1.82) is 0 Å². The Kier molecular flexibility index (Phi) is 4.53. The molecule has 2 amide bonds. The van der Waals surface area contributed by atoms with Crippen LogP contribution in [0.2, 0.25) is 5.02 Å². The summed E-state index contributed by atoms with van der Waals surface area (Å²) in [6.07, 6.45) is 3.51. The molecule has 23 heavy (non-hydrogen) atoms. The van der Waals surface area contributed by atoms with Crippen LogP contribution < -0.4 is 10.6 Å². The second-order valence-electron chi connectivity index (χ2n) is 4.64. The third-order valence-corrected chi connectivity index (χ3v) is 3.17. The molecule has 3 N–H and O–H groups in total. The van der Waals surface area contributed by atoms with E-state index in [2.05, 4.69) is 31.0 Å². The van der Waals surface area contributed by atoms with Crippen LogP contribution in [0, 0.1) is 0 Å². The molecule has 0 fully saturated rings. The average Bonchev–Trinajstić information content (AvgIpc) is 3.19. The highest BCUT2D eigenvalue weighted by Gasteiger charge is 2.09. The maximum absolute atomic E-state index is 11.6. The van der Waals surface area contributed by atoms with Crippen LogP contribution in [-0.4, -0.2) is 32.9 Å². The molecule has 1 aromatic carbocycles. The first-order valence-electron chi connectivity index (χ1n) is 6.83. The van der Waals surface area contributed by atoms with Crippen LogP contribution >= 0.6 is 11.6 Å². The summed E-state index contributed by atoms with van der Waals surface area (Å²) >= 11 is 5.93. The number of hydrogen-bond acceptors (Lipinski definition) is 5. The van der Waals surface area contributed by atoms with E-state index < -0.39 is 0 Å². The largest absolute Gasteiger partial charge is 0.339 e. The van der Waals surface area contributed by atoms with Crippen molar-refractivity contribution in [2.75, 3.05) is 11.9 Å². The summed E-state index contributed by atoms with van der Waals surface area (Å²) in [5, 5.41) is 16.1. The number of anilines is 1. The Labute approximate surface area is 136 Å². The molecule has 3 rings (SSSR count). The van der Waals surface area contributed by atoms with Crippen LogP contribution in [0.4, 0.5) is 10.5 Å². The molecule has 0 saturated heterocycles. The van der Waals surface area contributed by atoms with E-state index >= 15 is 0 Å². The molecule has 0 aliphatic rings. The molecule has 9 heteroatoms. The molecule has 118 valence electrons. The van der Waals surface area contributed by atoms with Gasteiger partial charge in [-0.05, 0) is 12.1 Å². The van der Waals surface area contributed by atoms with Gasteiger partial charge in [-0.2, -0.15) is 10.1 Å². The highest BCUT2D eigenvalue weighted by Crippen LogP contribution is 2.19. The van der Waals surface area contributed by atoms with Gasteiger partial charge in [0.15, 0.2) is 0 Å². The fourth-order valence-electron chi connectivity index (χ4n) is 1.88. The van der Waals surface area contributed by atoms with E-state index in [0.717, 1.165) is 5.56 Å². The molecule has 0 spiro atoms. The lowest BCUT2D eigenvalue weighted by Gasteiger charge is -2.03. The van der Waals surface area contributed by atoms with Gasteiger partial charge in [-0.25, -0.2) is 4.79 Å². The number of amides is 2. The Hall–Kier alpha value is -2.87. The first kappa shape index (κ1) is 15.0. The lowest BCUT2D eigenvalue weighted by molar-refractivity contribution is 0.252. The number of H-pyrrole nitrogens is 1. The van der Waals surface area contributed by atoms with Crippen molar-refractivity contribution in [2.24, 2.45) is 0 Å². The smallest absolute Gasteiger partial charge is 0.319 e. The third kappa shape index (κ3) is 4.07. The van der Waals surface area contributed by atoms with Gasteiger partial charge >= 0.3 is 6.03 Å². The standard InChI is InChI=1S/C14H13ClN6O2/c15-10-3-1-2-9(6-10)13-20-12(23-21-13)4-5-16-14(22)19-11-7-17-18-8-11/h1-3,6-8H,4-5H2,(H,17,18)(H2,16,19,22). The third-order valence-electron chi connectivity index (χ3n) is 2.93. The first-order valence-corrected chi connectivity index (χ1v) is 7.20. The average molecular weight is 333 g/mol. The minimum atomic E-state index is -0.332. The Morgan fingerprint density at radius 3 is 3.09 bits per heavy atom. The summed E-state index contributed by atoms with van der Waals surface area (Å²) in [4.78, 5) is 15.9. The number of nitrogens with zero attached hydrogens (tertiary/aromatic N) is 3. The van der Waals surface area contributed by atoms with Crippen LogP contribution in [-0.2, 0) is 6.42 Å². The van der Waals surface area contributed by atoms with Gasteiger partial charge in [-0.1, -0.05) is 28.9 Å². The van der Waals surface area contributed by atoms with Crippen LogP contribution in [0.1, 0.15) is 5.89 Å². The molecule has 0 bridgehead atoms. The number of urea groups is 1. The molecule has 8 nitrogen and oxygen atoms in total. The lowest BCUT2D eigenvalue weighted by atomic mass is 10.2. The van der Waals surface area contributed by atoms with Crippen LogP contribution in [0.25, 0.3) is 11.4 Å².